The molecule has 2 aromatic heterocycles. The molecule has 8 heteroatoms. The monoisotopic (exact) mass is 441 g/mol. The molecule has 0 saturated heterocycles. The first-order valence-electron chi connectivity index (χ1n) is 9.25. The molecule has 152 valence electrons. The number of aryl methyl sites for hydroxylation is 1. The highest BCUT2D eigenvalue weighted by molar-refractivity contribution is 7.09. The van der Waals surface area contributed by atoms with Crippen molar-refractivity contribution in [3.8, 4) is 11.4 Å². The molecule has 0 atom stereocenters. The molecule has 0 radical (unpaired) electrons. The Morgan fingerprint density at radius 2 is 1.87 bits per heavy atom. The van der Waals surface area contributed by atoms with Gasteiger partial charge in [-0.15, -0.1) is 11.3 Å². The van der Waals surface area contributed by atoms with Crippen molar-refractivity contribution in [3.05, 3.63) is 87.7 Å². The molecule has 1 amide bonds. The van der Waals surface area contributed by atoms with Crippen LogP contribution in [-0.4, -0.2) is 16.0 Å². The van der Waals surface area contributed by atoms with E-state index >= 15 is 0 Å². The number of hydrogen-bond donors (Lipinski definition) is 0. The van der Waals surface area contributed by atoms with Crippen LogP contribution in [0.1, 0.15) is 17.2 Å². The minimum atomic E-state index is -0.345. The predicted octanol–water partition coefficient (Wildman–Crippen LogP) is 5.76. The van der Waals surface area contributed by atoms with E-state index in [2.05, 4.69) is 10.1 Å². The Kier molecular flexibility index (Phi) is 6.21. The molecule has 0 spiro atoms. The number of carbonyl (C=O) groups excluding carboxylic acids is 1. The lowest BCUT2D eigenvalue weighted by molar-refractivity contribution is -0.118. The third-order valence-corrected chi connectivity index (χ3v) is 5.57. The molecule has 4 aromatic rings. The zero-order chi connectivity index (χ0) is 20.9. The minimum absolute atomic E-state index is 0.110. The molecule has 0 saturated carbocycles. The van der Waals surface area contributed by atoms with Crippen LogP contribution in [0, 0.1) is 5.82 Å². The van der Waals surface area contributed by atoms with Crippen LogP contribution in [-0.2, 0) is 17.8 Å². The van der Waals surface area contributed by atoms with Gasteiger partial charge < -0.3 is 9.42 Å². The van der Waals surface area contributed by atoms with Gasteiger partial charge in [0.15, 0.2) is 0 Å². The average Bonchev–Trinajstić information content (AvgIpc) is 3.44. The van der Waals surface area contributed by atoms with Crippen molar-refractivity contribution < 1.29 is 13.7 Å². The molecule has 5 nitrogen and oxygen atoms in total. The van der Waals surface area contributed by atoms with Gasteiger partial charge in [0.2, 0.25) is 17.6 Å². The van der Waals surface area contributed by atoms with Gasteiger partial charge in [-0.1, -0.05) is 22.8 Å². The van der Waals surface area contributed by atoms with Crippen molar-refractivity contribution in [1.82, 2.24) is 10.1 Å². The maximum Gasteiger partial charge on any atom is 0.227 e. The Labute approximate surface area is 181 Å². The first-order valence-corrected chi connectivity index (χ1v) is 10.5. The third-order valence-electron chi connectivity index (χ3n) is 4.46. The number of thiophene rings is 1. The molecule has 0 bridgehead atoms. The summed E-state index contributed by atoms with van der Waals surface area (Å²) in [7, 11) is 0. The maximum absolute atomic E-state index is 13.3. The third kappa shape index (κ3) is 4.93. The van der Waals surface area contributed by atoms with E-state index in [1.54, 1.807) is 52.6 Å². The largest absolute Gasteiger partial charge is 0.339 e. The second-order valence-corrected chi connectivity index (χ2v) is 8.02. The summed E-state index contributed by atoms with van der Waals surface area (Å²) in [5, 5.41) is 6.56. The number of rotatable bonds is 7. The van der Waals surface area contributed by atoms with Crippen LogP contribution in [0.25, 0.3) is 11.4 Å². The Bertz CT molecular complexity index is 1110. The van der Waals surface area contributed by atoms with Crippen molar-refractivity contribution >= 4 is 34.5 Å². The van der Waals surface area contributed by atoms with Gasteiger partial charge in [-0.2, -0.15) is 4.98 Å². The zero-order valence-electron chi connectivity index (χ0n) is 15.8. The van der Waals surface area contributed by atoms with Crippen LogP contribution in [0.5, 0.6) is 0 Å². The lowest BCUT2D eigenvalue weighted by Gasteiger charge is -2.22. The van der Waals surface area contributed by atoms with Crippen LogP contribution < -0.4 is 4.90 Å². The Hall–Kier alpha value is -3.03. The molecule has 2 heterocycles. The summed E-state index contributed by atoms with van der Waals surface area (Å²) >= 11 is 7.47. The fourth-order valence-electron chi connectivity index (χ4n) is 2.92. The van der Waals surface area contributed by atoms with Crippen LogP contribution in [0.2, 0.25) is 5.02 Å². The Morgan fingerprint density at radius 1 is 1.10 bits per heavy atom. The summed E-state index contributed by atoms with van der Waals surface area (Å²) < 4.78 is 18.6. The molecule has 0 unspecified atom stereocenters. The van der Waals surface area contributed by atoms with Gasteiger partial charge in [0, 0.05) is 34.0 Å². The van der Waals surface area contributed by atoms with Gasteiger partial charge in [-0.3, -0.25) is 4.79 Å². The van der Waals surface area contributed by atoms with E-state index in [0.717, 1.165) is 10.4 Å². The molecule has 30 heavy (non-hydrogen) atoms. The SMILES string of the molecule is O=C(CCc1nc(-c2ccc(Cl)cc2)no1)N(Cc1cccs1)c1ccc(F)cc1. The molecule has 0 aliphatic carbocycles. The summed E-state index contributed by atoms with van der Waals surface area (Å²) in [5.74, 6) is 0.371. The first kappa shape index (κ1) is 20.3. The standard InChI is InChI=1S/C22H17ClFN3O2S/c23-16-5-3-15(4-6-16)22-25-20(29-26-22)11-12-21(28)27(14-19-2-1-13-30-19)18-9-7-17(24)8-10-18/h1-10,13H,11-12,14H2. The number of aromatic nitrogens is 2. The summed E-state index contributed by atoms with van der Waals surface area (Å²) in [4.78, 5) is 20.0. The van der Waals surface area contributed by atoms with Crippen LogP contribution in [0.3, 0.4) is 0 Å². The van der Waals surface area contributed by atoms with Gasteiger partial charge in [0.1, 0.15) is 5.82 Å². The van der Waals surface area contributed by atoms with Crippen molar-refractivity contribution in [2.45, 2.75) is 19.4 Å². The number of halogens is 2. The predicted molar refractivity (Wildman–Crippen MR) is 115 cm³/mol. The second-order valence-electron chi connectivity index (χ2n) is 6.55. The highest BCUT2D eigenvalue weighted by atomic mass is 35.5. The summed E-state index contributed by atoms with van der Waals surface area (Å²) in [6.07, 6.45) is 0.493. The number of carbonyl (C=O) groups is 1. The number of hydrogen-bond acceptors (Lipinski definition) is 5. The van der Waals surface area contributed by atoms with E-state index in [1.807, 2.05) is 17.5 Å². The molecule has 0 N–H and O–H groups in total. The van der Waals surface area contributed by atoms with Crippen LogP contribution in [0.4, 0.5) is 10.1 Å². The van der Waals surface area contributed by atoms with Gasteiger partial charge >= 0.3 is 0 Å². The number of anilines is 1. The Balaban J connectivity index is 1.46. The maximum atomic E-state index is 13.3. The molecule has 0 aliphatic heterocycles. The van der Waals surface area contributed by atoms with Crippen molar-refractivity contribution in [1.29, 1.82) is 0 Å². The Morgan fingerprint density at radius 3 is 2.57 bits per heavy atom. The summed E-state index contributed by atoms with van der Waals surface area (Å²) in [5.41, 5.74) is 1.42. The summed E-state index contributed by atoms with van der Waals surface area (Å²) in [6.45, 7) is 0.419. The van der Waals surface area contributed by atoms with E-state index in [0.29, 0.717) is 35.4 Å². The number of amides is 1. The van der Waals surface area contributed by atoms with E-state index < -0.39 is 0 Å². The van der Waals surface area contributed by atoms with Gasteiger partial charge in [0.25, 0.3) is 0 Å². The highest BCUT2D eigenvalue weighted by Crippen LogP contribution is 2.23. The average molecular weight is 442 g/mol. The molecule has 0 aliphatic rings. The molecule has 4 rings (SSSR count). The lowest BCUT2D eigenvalue weighted by Crippen LogP contribution is -2.30. The molecular formula is C22H17ClFN3O2S. The van der Waals surface area contributed by atoms with Crippen LogP contribution >= 0.6 is 22.9 Å². The fourth-order valence-corrected chi connectivity index (χ4v) is 3.74. The minimum Gasteiger partial charge on any atom is -0.339 e. The van der Waals surface area contributed by atoms with Crippen LogP contribution in [0.15, 0.2) is 70.6 Å². The first-order chi connectivity index (χ1) is 14.6. The van der Waals surface area contributed by atoms with E-state index in [-0.39, 0.29) is 18.1 Å². The van der Waals surface area contributed by atoms with Gasteiger partial charge in [0.05, 0.1) is 6.54 Å². The van der Waals surface area contributed by atoms with Gasteiger partial charge in [-0.05, 0) is 60.0 Å². The van der Waals surface area contributed by atoms with E-state index in [9.17, 15) is 9.18 Å². The second kappa shape index (κ2) is 9.19. The quantitative estimate of drug-likeness (QED) is 0.366. The summed E-state index contributed by atoms with van der Waals surface area (Å²) in [6, 6.07) is 16.9. The number of nitrogens with zero attached hydrogens (tertiary/aromatic N) is 3. The van der Waals surface area contributed by atoms with Crippen molar-refractivity contribution in [2.75, 3.05) is 4.90 Å². The number of benzene rings is 2. The van der Waals surface area contributed by atoms with E-state index in [4.69, 9.17) is 16.1 Å². The smallest absolute Gasteiger partial charge is 0.227 e. The lowest BCUT2D eigenvalue weighted by atomic mass is 10.2. The fraction of sp³-hybridized carbons (Fsp3) is 0.136. The highest BCUT2D eigenvalue weighted by Gasteiger charge is 2.19. The normalized spacial score (nSPS) is 10.9. The van der Waals surface area contributed by atoms with Gasteiger partial charge in [-0.25, -0.2) is 4.39 Å². The van der Waals surface area contributed by atoms with Crippen molar-refractivity contribution in [2.24, 2.45) is 0 Å². The van der Waals surface area contributed by atoms with Crippen molar-refractivity contribution in [3.63, 3.8) is 0 Å². The molecule has 0 fully saturated rings. The topological polar surface area (TPSA) is 59.2 Å². The zero-order valence-corrected chi connectivity index (χ0v) is 17.4. The molecule has 2 aromatic carbocycles. The molecular weight excluding hydrogens is 425 g/mol. The van der Waals surface area contributed by atoms with E-state index in [1.165, 1.54) is 12.1 Å².